The Morgan fingerprint density at radius 2 is 2.05 bits per heavy atom. The van der Waals surface area contributed by atoms with E-state index in [0.29, 0.717) is 22.9 Å². The highest BCUT2D eigenvalue weighted by molar-refractivity contribution is 7.98. The number of carbonyl (C=O) groups excluding carboxylic acids is 1. The van der Waals surface area contributed by atoms with E-state index >= 15 is 0 Å². The van der Waals surface area contributed by atoms with Crippen LogP contribution in [0, 0.1) is 0 Å². The van der Waals surface area contributed by atoms with Gasteiger partial charge in [-0.25, -0.2) is 9.59 Å². The van der Waals surface area contributed by atoms with Crippen LogP contribution in [0.15, 0.2) is 24.3 Å². The number of carboxylic acid groups (broad SMARTS) is 1. The number of benzene rings is 1. The minimum atomic E-state index is -1.06. The zero-order valence-electron chi connectivity index (χ0n) is 11.5. The van der Waals surface area contributed by atoms with Crippen molar-refractivity contribution < 1.29 is 19.4 Å². The third-order valence-electron chi connectivity index (χ3n) is 2.50. The largest absolute Gasteiger partial charge is 0.480 e. The minimum Gasteiger partial charge on any atom is -0.480 e. The molecular formula is C13H17ClN2O4S. The second kappa shape index (κ2) is 9.36. The molecule has 0 saturated carbocycles. The summed E-state index contributed by atoms with van der Waals surface area (Å²) in [7, 11) is 0. The van der Waals surface area contributed by atoms with E-state index in [0.717, 1.165) is 0 Å². The van der Waals surface area contributed by atoms with Crippen molar-refractivity contribution in [3.05, 3.63) is 29.3 Å². The number of ether oxygens (including phenoxy) is 1. The number of thioether (sulfide) groups is 1. The molecule has 0 radical (unpaired) electrons. The van der Waals surface area contributed by atoms with E-state index in [2.05, 4.69) is 10.6 Å². The number of carboxylic acids is 1. The molecule has 116 valence electrons. The highest BCUT2D eigenvalue weighted by Crippen LogP contribution is 2.14. The van der Waals surface area contributed by atoms with Gasteiger partial charge < -0.3 is 20.5 Å². The molecule has 0 aromatic heterocycles. The average Bonchev–Trinajstić information content (AvgIpc) is 2.45. The summed E-state index contributed by atoms with van der Waals surface area (Å²) in [6.45, 7) is -0.0671. The van der Waals surface area contributed by atoms with Crippen molar-refractivity contribution in [1.82, 2.24) is 10.6 Å². The number of halogens is 1. The van der Waals surface area contributed by atoms with Crippen molar-refractivity contribution >= 4 is 35.4 Å². The third-order valence-corrected chi connectivity index (χ3v) is 3.40. The topological polar surface area (TPSA) is 87.7 Å². The second-order valence-corrected chi connectivity index (χ2v) is 5.49. The Hall–Kier alpha value is -1.60. The molecule has 1 unspecified atom stereocenters. The Kier molecular flexibility index (Phi) is 7.78. The van der Waals surface area contributed by atoms with Gasteiger partial charge in [0, 0.05) is 5.02 Å². The molecule has 0 aliphatic carbocycles. The first-order valence-electron chi connectivity index (χ1n) is 6.17. The summed E-state index contributed by atoms with van der Waals surface area (Å²) < 4.78 is 5.27. The van der Waals surface area contributed by atoms with Gasteiger partial charge in [0.05, 0.1) is 0 Å². The van der Waals surface area contributed by atoms with Crippen LogP contribution in [0.1, 0.15) is 6.42 Å². The molecule has 2 amide bonds. The van der Waals surface area contributed by atoms with E-state index in [-0.39, 0.29) is 6.73 Å². The Balaban J connectivity index is 2.32. The van der Waals surface area contributed by atoms with Crippen LogP contribution in [0.5, 0.6) is 5.75 Å². The number of hydrogen-bond donors (Lipinski definition) is 3. The molecule has 1 aromatic rings. The van der Waals surface area contributed by atoms with Crippen molar-refractivity contribution in [2.45, 2.75) is 12.5 Å². The molecule has 1 rings (SSSR count). The molecule has 8 heteroatoms. The Labute approximate surface area is 132 Å². The summed E-state index contributed by atoms with van der Waals surface area (Å²) in [4.78, 5) is 22.5. The van der Waals surface area contributed by atoms with Gasteiger partial charge in [-0.2, -0.15) is 11.8 Å². The standard InChI is InChI=1S/C13H17ClN2O4S/c1-21-7-6-11(12(17)18)16-13(19)15-8-20-10-4-2-9(14)3-5-10/h2-5,11H,6-8H2,1H3,(H,17,18)(H2,15,16,19). The van der Waals surface area contributed by atoms with E-state index < -0.39 is 18.0 Å². The minimum absolute atomic E-state index is 0.0671. The zero-order chi connectivity index (χ0) is 15.7. The molecule has 21 heavy (non-hydrogen) atoms. The first kappa shape index (κ1) is 17.5. The van der Waals surface area contributed by atoms with Crippen LogP contribution in [-0.2, 0) is 4.79 Å². The van der Waals surface area contributed by atoms with Crippen molar-refractivity contribution in [2.24, 2.45) is 0 Å². The van der Waals surface area contributed by atoms with Crippen LogP contribution in [0.25, 0.3) is 0 Å². The summed E-state index contributed by atoms with van der Waals surface area (Å²) in [5, 5.41) is 14.4. The maximum atomic E-state index is 11.6. The summed E-state index contributed by atoms with van der Waals surface area (Å²) in [5.41, 5.74) is 0. The zero-order valence-corrected chi connectivity index (χ0v) is 13.0. The van der Waals surface area contributed by atoms with Crippen LogP contribution >= 0.6 is 23.4 Å². The van der Waals surface area contributed by atoms with Crippen LogP contribution in [0.3, 0.4) is 0 Å². The third kappa shape index (κ3) is 7.10. The van der Waals surface area contributed by atoms with Gasteiger partial charge in [-0.1, -0.05) is 11.6 Å². The van der Waals surface area contributed by atoms with Gasteiger partial charge in [0.15, 0.2) is 6.73 Å². The molecule has 0 fully saturated rings. The predicted octanol–water partition coefficient (Wildman–Crippen LogP) is 2.18. The van der Waals surface area contributed by atoms with Crippen molar-refractivity contribution in [3.8, 4) is 5.75 Å². The molecule has 1 atom stereocenters. The number of nitrogens with one attached hydrogen (secondary N) is 2. The van der Waals surface area contributed by atoms with Gasteiger partial charge >= 0.3 is 12.0 Å². The molecule has 0 heterocycles. The van der Waals surface area contributed by atoms with E-state index in [9.17, 15) is 9.59 Å². The summed E-state index contributed by atoms with van der Waals surface area (Å²) in [6, 6.07) is 5.17. The monoisotopic (exact) mass is 332 g/mol. The lowest BCUT2D eigenvalue weighted by Gasteiger charge is -2.15. The van der Waals surface area contributed by atoms with Crippen molar-refractivity contribution in [1.29, 1.82) is 0 Å². The van der Waals surface area contributed by atoms with Crippen LogP contribution in [0.4, 0.5) is 4.79 Å². The number of aliphatic carboxylic acids is 1. The number of rotatable bonds is 8. The maximum Gasteiger partial charge on any atom is 0.326 e. The smallest absolute Gasteiger partial charge is 0.326 e. The highest BCUT2D eigenvalue weighted by Gasteiger charge is 2.18. The SMILES string of the molecule is CSCCC(NC(=O)NCOc1ccc(Cl)cc1)C(=O)O. The van der Waals surface area contributed by atoms with Crippen LogP contribution in [0.2, 0.25) is 5.02 Å². The van der Waals surface area contributed by atoms with E-state index in [1.54, 1.807) is 24.3 Å². The normalized spacial score (nSPS) is 11.5. The number of carbonyl (C=O) groups is 2. The summed E-state index contributed by atoms with van der Waals surface area (Å²) in [6.07, 6.45) is 2.24. The first-order chi connectivity index (χ1) is 10.0. The molecule has 0 spiro atoms. The first-order valence-corrected chi connectivity index (χ1v) is 7.94. The fraction of sp³-hybridized carbons (Fsp3) is 0.385. The molecule has 1 aromatic carbocycles. The molecule has 0 aliphatic rings. The summed E-state index contributed by atoms with van der Waals surface area (Å²) in [5.74, 6) is 0.146. The van der Waals surface area contributed by atoms with E-state index in [1.807, 2.05) is 6.26 Å². The van der Waals surface area contributed by atoms with Gasteiger partial charge in [0.25, 0.3) is 0 Å². The number of amides is 2. The van der Waals surface area contributed by atoms with E-state index in [1.165, 1.54) is 11.8 Å². The second-order valence-electron chi connectivity index (χ2n) is 4.07. The van der Waals surface area contributed by atoms with Crippen molar-refractivity contribution in [2.75, 3.05) is 18.7 Å². The van der Waals surface area contributed by atoms with Crippen molar-refractivity contribution in [3.63, 3.8) is 0 Å². The Morgan fingerprint density at radius 1 is 1.38 bits per heavy atom. The van der Waals surface area contributed by atoms with Gasteiger partial charge in [-0.15, -0.1) is 0 Å². The quantitative estimate of drug-likeness (QED) is 0.635. The lowest BCUT2D eigenvalue weighted by Crippen LogP contribution is -2.47. The maximum absolute atomic E-state index is 11.6. The predicted molar refractivity (Wildman–Crippen MR) is 83.0 cm³/mol. The van der Waals surface area contributed by atoms with Gasteiger partial charge in [0.1, 0.15) is 11.8 Å². The highest BCUT2D eigenvalue weighted by atomic mass is 35.5. The molecule has 3 N–H and O–H groups in total. The Morgan fingerprint density at radius 3 is 2.62 bits per heavy atom. The molecule has 0 aliphatic heterocycles. The molecule has 6 nitrogen and oxygen atoms in total. The fourth-order valence-corrected chi connectivity index (χ4v) is 2.02. The van der Waals surface area contributed by atoms with Gasteiger partial charge in [0.2, 0.25) is 0 Å². The number of urea groups is 1. The average molecular weight is 333 g/mol. The van der Waals surface area contributed by atoms with Crippen LogP contribution in [-0.4, -0.2) is 41.9 Å². The fourth-order valence-electron chi connectivity index (χ4n) is 1.42. The summed E-state index contributed by atoms with van der Waals surface area (Å²) >= 11 is 7.25. The van der Waals surface area contributed by atoms with Crippen LogP contribution < -0.4 is 15.4 Å². The molecule has 0 saturated heterocycles. The Bertz CT molecular complexity index is 470. The van der Waals surface area contributed by atoms with Gasteiger partial charge in [-0.3, -0.25) is 0 Å². The lowest BCUT2D eigenvalue weighted by molar-refractivity contribution is -0.139. The number of hydrogen-bond acceptors (Lipinski definition) is 4. The van der Waals surface area contributed by atoms with E-state index in [4.69, 9.17) is 21.4 Å². The molecule has 0 bridgehead atoms. The van der Waals surface area contributed by atoms with Gasteiger partial charge in [-0.05, 0) is 42.7 Å². The lowest BCUT2D eigenvalue weighted by atomic mass is 10.2. The molecular weight excluding hydrogens is 316 g/mol.